The zero-order valence-corrected chi connectivity index (χ0v) is 5.03. The number of halogens is 1. The third-order valence-corrected chi connectivity index (χ3v) is 0. The monoisotopic (exact) mass is 111 g/mol. The molecule has 0 aliphatic rings. The summed E-state index contributed by atoms with van der Waals surface area (Å²) in [7, 11) is 5.04. The Kier molecular flexibility index (Phi) is 3.80. The maximum atomic E-state index is 8.46. The lowest BCUT2D eigenvalue weighted by Gasteiger charge is -2.09. The Balaban J connectivity index is 0. The molecular formula is C3H10ClNO. The quantitative estimate of drug-likeness (QED) is 0.263. The standard InChI is InChI=1S/C3H10NO.ClH/c1-4(2,3)5;/h5H,1-3H3;1H/q+1;/p-1. The molecule has 0 spiro atoms. The summed E-state index contributed by atoms with van der Waals surface area (Å²) >= 11 is 0. The normalized spacial score (nSPS) is 10.0. The Hall–Kier alpha value is 0.210. The first-order valence-corrected chi connectivity index (χ1v) is 1.54. The van der Waals surface area contributed by atoms with Crippen molar-refractivity contribution < 1.29 is 22.3 Å². The molecular weight excluding hydrogens is 101 g/mol. The van der Waals surface area contributed by atoms with Crippen LogP contribution < -0.4 is 12.4 Å². The molecule has 0 aliphatic heterocycles. The van der Waals surface area contributed by atoms with E-state index < -0.39 is 0 Å². The lowest BCUT2D eigenvalue weighted by molar-refractivity contribution is -1.06. The van der Waals surface area contributed by atoms with E-state index in [9.17, 15) is 0 Å². The van der Waals surface area contributed by atoms with Gasteiger partial charge in [-0.2, -0.15) is 4.65 Å². The van der Waals surface area contributed by atoms with E-state index in [0.717, 1.165) is 0 Å². The molecule has 0 radical (unpaired) electrons. The summed E-state index contributed by atoms with van der Waals surface area (Å²) < 4.78 is 0. The summed E-state index contributed by atoms with van der Waals surface area (Å²) in [4.78, 5) is 0. The fourth-order valence-corrected chi connectivity index (χ4v) is 0. The van der Waals surface area contributed by atoms with Gasteiger partial charge in [0.2, 0.25) is 0 Å². The molecule has 40 valence electrons. The van der Waals surface area contributed by atoms with Crippen molar-refractivity contribution in [2.75, 3.05) is 21.1 Å². The smallest absolute Gasteiger partial charge is 0.0979 e. The average Bonchev–Trinajstić information content (AvgIpc) is 0.722. The van der Waals surface area contributed by atoms with E-state index in [4.69, 9.17) is 5.21 Å². The molecule has 0 saturated heterocycles. The number of hydroxylamine groups is 3. The van der Waals surface area contributed by atoms with Crippen LogP contribution in [0.4, 0.5) is 0 Å². The largest absolute Gasteiger partial charge is 1.00 e. The average molecular weight is 112 g/mol. The Labute approximate surface area is 44.3 Å². The van der Waals surface area contributed by atoms with Gasteiger partial charge in [-0.25, -0.2) is 5.21 Å². The third kappa shape index (κ3) is 984. The summed E-state index contributed by atoms with van der Waals surface area (Å²) in [5, 5.41) is 8.46. The van der Waals surface area contributed by atoms with Crippen molar-refractivity contribution in [3.63, 3.8) is 0 Å². The number of nitrogens with zero attached hydrogens (tertiary/aromatic N) is 1. The molecule has 6 heavy (non-hydrogen) atoms. The van der Waals surface area contributed by atoms with Crippen molar-refractivity contribution in [1.82, 2.24) is 0 Å². The predicted molar refractivity (Wildman–Crippen MR) is 19.8 cm³/mol. The van der Waals surface area contributed by atoms with E-state index in [1.807, 2.05) is 0 Å². The first kappa shape index (κ1) is 9.51. The number of rotatable bonds is 0. The van der Waals surface area contributed by atoms with Crippen LogP contribution in [0, 0.1) is 0 Å². The topological polar surface area (TPSA) is 20.2 Å². The molecule has 0 saturated carbocycles. The predicted octanol–water partition coefficient (Wildman–Crippen LogP) is -2.91. The minimum Gasteiger partial charge on any atom is -1.00 e. The van der Waals surface area contributed by atoms with Gasteiger partial charge in [-0.1, -0.05) is 0 Å². The van der Waals surface area contributed by atoms with Gasteiger partial charge in [0.15, 0.2) is 0 Å². The van der Waals surface area contributed by atoms with Gasteiger partial charge in [0.05, 0.1) is 21.1 Å². The van der Waals surface area contributed by atoms with Gasteiger partial charge < -0.3 is 12.4 Å². The lowest BCUT2D eigenvalue weighted by atomic mass is 11.0. The van der Waals surface area contributed by atoms with Crippen LogP contribution in [0.2, 0.25) is 0 Å². The Morgan fingerprint density at radius 2 is 1.17 bits per heavy atom. The van der Waals surface area contributed by atoms with Gasteiger partial charge in [0.25, 0.3) is 0 Å². The van der Waals surface area contributed by atoms with Gasteiger partial charge in [-0.05, 0) is 0 Å². The van der Waals surface area contributed by atoms with Crippen LogP contribution in [0.15, 0.2) is 0 Å². The molecule has 0 aromatic heterocycles. The van der Waals surface area contributed by atoms with Gasteiger partial charge in [0, 0.05) is 0 Å². The molecule has 0 aromatic rings. The molecule has 0 aromatic carbocycles. The minimum atomic E-state index is 0. The molecule has 0 fully saturated rings. The fraction of sp³-hybridized carbons (Fsp3) is 1.00. The first-order valence-electron chi connectivity index (χ1n) is 1.54. The Morgan fingerprint density at radius 3 is 1.17 bits per heavy atom. The number of hydrogen-bond donors (Lipinski definition) is 1. The highest BCUT2D eigenvalue weighted by molar-refractivity contribution is 3.72. The maximum absolute atomic E-state index is 8.46. The van der Waals surface area contributed by atoms with Crippen molar-refractivity contribution in [1.29, 1.82) is 0 Å². The summed E-state index contributed by atoms with van der Waals surface area (Å²) in [5.41, 5.74) is 0. The Bertz CT molecular complexity index is 26.3. The lowest BCUT2D eigenvalue weighted by Crippen LogP contribution is -3.00. The SMILES string of the molecule is C[N+](C)(C)O.[Cl-]. The second kappa shape index (κ2) is 2.39. The fourth-order valence-electron chi connectivity index (χ4n) is 0. The highest BCUT2D eigenvalue weighted by atomic mass is 35.5. The van der Waals surface area contributed by atoms with Crippen LogP contribution >= 0.6 is 0 Å². The summed E-state index contributed by atoms with van der Waals surface area (Å²) in [5.74, 6) is 0. The van der Waals surface area contributed by atoms with Crippen LogP contribution in [0.1, 0.15) is 0 Å². The molecule has 2 nitrogen and oxygen atoms in total. The zero-order valence-electron chi connectivity index (χ0n) is 4.27. The van der Waals surface area contributed by atoms with E-state index in [1.165, 1.54) is 0 Å². The number of quaternary nitrogens is 1. The van der Waals surface area contributed by atoms with Crippen LogP contribution in [-0.4, -0.2) is 31.0 Å². The van der Waals surface area contributed by atoms with Crippen LogP contribution in [0.25, 0.3) is 0 Å². The van der Waals surface area contributed by atoms with E-state index >= 15 is 0 Å². The molecule has 0 aliphatic carbocycles. The van der Waals surface area contributed by atoms with Crippen LogP contribution in [0.3, 0.4) is 0 Å². The molecule has 3 heteroatoms. The van der Waals surface area contributed by atoms with E-state index in [0.29, 0.717) is 0 Å². The molecule has 0 atom stereocenters. The number of hydrogen-bond acceptors (Lipinski definition) is 1. The first-order chi connectivity index (χ1) is 2.00. The van der Waals surface area contributed by atoms with Crippen molar-refractivity contribution in [2.24, 2.45) is 0 Å². The van der Waals surface area contributed by atoms with Gasteiger partial charge in [0.1, 0.15) is 0 Å². The van der Waals surface area contributed by atoms with Crippen LogP contribution in [0.5, 0.6) is 0 Å². The molecule has 0 unspecified atom stereocenters. The van der Waals surface area contributed by atoms with E-state index in [-0.39, 0.29) is 17.1 Å². The summed E-state index contributed by atoms with van der Waals surface area (Å²) in [6, 6.07) is 0. The van der Waals surface area contributed by atoms with Crippen molar-refractivity contribution in [3.8, 4) is 0 Å². The summed E-state index contributed by atoms with van der Waals surface area (Å²) in [6.45, 7) is 0. The van der Waals surface area contributed by atoms with E-state index in [2.05, 4.69) is 0 Å². The summed E-state index contributed by atoms with van der Waals surface area (Å²) in [6.07, 6.45) is 0. The molecule has 0 amide bonds. The highest BCUT2D eigenvalue weighted by Gasteiger charge is 1.92. The third-order valence-electron chi connectivity index (χ3n) is 0. The molecule has 0 rings (SSSR count). The zero-order chi connectivity index (χ0) is 4.50. The minimum absolute atomic E-state index is 0. The molecule has 0 heterocycles. The van der Waals surface area contributed by atoms with Gasteiger partial charge >= 0.3 is 0 Å². The van der Waals surface area contributed by atoms with Crippen molar-refractivity contribution >= 4 is 0 Å². The van der Waals surface area contributed by atoms with Crippen LogP contribution in [-0.2, 0) is 0 Å². The second-order valence-corrected chi connectivity index (χ2v) is 1.94. The highest BCUT2D eigenvalue weighted by Crippen LogP contribution is 1.72. The van der Waals surface area contributed by atoms with Gasteiger partial charge in [-0.3, -0.25) is 0 Å². The maximum Gasteiger partial charge on any atom is 0.0979 e. The Morgan fingerprint density at radius 1 is 1.17 bits per heavy atom. The van der Waals surface area contributed by atoms with Crippen molar-refractivity contribution in [2.45, 2.75) is 0 Å². The molecule has 1 N–H and O–H groups in total. The molecule has 0 bridgehead atoms. The second-order valence-electron chi connectivity index (χ2n) is 1.94. The van der Waals surface area contributed by atoms with E-state index in [1.54, 1.807) is 21.1 Å². The van der Waals surface area contributed by atoms with Crippen molar-refractivity contribution in [3.05, 3.63) is 0 Å². The van der Waals surface area contributed by atoms with Gasteiger partial charge in [-0.15, -0.1) is 0 Å².